The van der Waals surface area contributed by atoms with Crippen molar-refractivity contribution in [3.8, 4) is 0 Å². The number of aliphatic hydroxyl groups excluding tert-OH is 2. The molecular formula is C14H22N4O3. The molecule has 3 heterocycles. The van der Waals surface area contributed by atoms with E-state index < -0.39 is 12.5 Å². The molecule has 21 heavy (non-hydrogen) atoms. The highest BCUT2D eigenvalue weighted by Gasteiger charge is 2.51. The molecule has 0 amide bonds. The van der Waals surface area contributed by atoms with E-state index in [4.69, 9.17) is 4.74 Å². The fourth-order valence-corrected chi connectivity index (χ4v) is 3.88. The van der Waals surface area contributed by atoms with Gasteiger partial charge in [0, 0.05) is 18.4 Å². The summed E-state index contributed by atoms with van der Waals surface area (Å²) in [6.07, 6.45) is 6.09. The number of nitrogens with zero attached hydrogens (tertiary/aromatic N) is 2. The molecule has 4 aliphatic rings. The van der Waals surface area contributed by atoms with Crippen LogP contribution in [-0.2, 0) is 4.74 Å². The van der Waals surface area contributed by atoms with Gasteiger partial charge < -0.3 is 20.3 Å². The lowest BCUT2D eigenvalue weighted by molar-refractivity contribution is -0.101. The van der Waals surface area contributed by atoms with Crippen molar-refractivity contribution in [2.45, 2.75) is 50.5 Å². The van der Waals surface area contributed by atoms with Gasteiger partial charge in [-0.05, 0) is 25.7 Å². The number of hydrogen-bond acceptors (Lipinski definition) is 7. The second-order valence-corrected chi connectivity index (χ2v) is 6.22. The van der Waals surface area contributed by atoms with E-state index in [0.29, 0.717) is 0 Å². The lowest BCUT2D eigenvalue weighted by Crippen LogP contribution is -2.57. The Bertz CT molecular complexity index is 443. The van der Waals surface area contributed by atoms with Gasteiger partial charge in [0.15, 0.2) is 12.1 Å². The maximum absolute atomic E-state index is 10.5. The summed E-state index contributed by atoms with van der Waals surface area (Å²) in [5.41, 5.74) is 2.98. The first kappa shape index (κ1) is 13.5. The van der Waals surface area contributed by atoms with Gasteiger partial charge in [-0.3, -0.25) is 5.43 Å². The van der Waals surface area contributed by atoms with Crippen LogP contribution in [0.5, 0.6) is 0 Å². The first-order valence-corrected chi connectivity index (χ1v) is 7.75. The second kappa shape index (κ2) is 5.24. The summed E-state index contributed by atoms with van der Waals surface area (Å²) in [5, 5.41) is 28.6. The predicted octanol–water partition coefficient (Wildman–Crippen LogP) is -0.510. The number of allylic oxidation sites excluding steroid dienone is 2. The zero-order valence-electron chi connectivity index (χ0n) is 11.9. The molecule has 0 aromatic heterocycles. The van der Waals surface area contributed by atoms with Gasteiger partial charge in [0.05, 0.1) is 0 Å². The molecular weight excluding hydrogens is 272 g/mol. The van der Waals surface area contributed by atoms with Crippen LogP contribution in [0.2, 0.25) is 0 Å². The number of hydrazone groups is 1. The molecule has 3 aliphatic heterocycles. The fraction of sp³-hybridized carbons (Fsp3) is 0.786. The maximum Gasteiger partial charge on any atom is 0.175 e. The van der Waals surface area contributed by atoms with Crippen LogP contribution in [0, 0.1) is 11.8 Å². The molecule has 0 radical (unpaired) electrons. The smallest absolute Gasteiger partial charge is 0.175 e. The Morgan fingerprint density at radius 1 is 1.19 bits per heavy atom. The van der Waals surface area contributed by atoms with Gasteiger partial charge in [0.25, 0.3) is 0 Å². The Morgan fingerprint density at radius 2 is 1.90 bits per heavy atom. The van der Waals surface area contributed by atoms with E-state index in [1.54, 1.807) is 4.90 Å². The van der Waals surface area contributed by atoms with Gasteiger partial charge in [0.2, 0.25) is 0 Å². The number of nitrogens with one attached hydrogen (secondary N) is 2. The lowest BCUT2D eigenvalue weighted by atomic mass is 9.84. The number of rotatable bonds is 2. The van der Waals surface area contributed by atoms with E-state index in [9.17, 15) is 10.2 Å². The first-order chi connectivity index (χ1) is 10.3. The van der Waals surface area contributed by atoms with Crippen LogP contribution in [-0.4, -0.2) is 52.4 Å². The standard InChI is InChI=1S/C14H22N4O3/c19-12-8-4-1-2-5-9(8)13(20)18(12)14-15-11(16-17-14)10-6-3-7-21-10/h1-2,8-10,12-14,17,19-20H,3-7H2,(H,15,16). The summed E-state index contributed by atoms with van der Waals surface area (Å²) in [7, 11) is 0. The molecule has 4 N–H and O–H groups in total. The zero-order valence-corrected chi connectivity index (χ0v) is 11.9. The number of likely N-dealkylation sites (tertiary alicyclic amines) is 1. The molecule has 2 saturated heterocycles. The Balaban J connectivity index is 1.45. The van der Waals surface area contributed by atoms with Crippen molar-refractivity contribution >= 4 is 5.84 Å². The third-order valence-electron chi connectivity index (χ3n) is 5.03. The third-order valence-corrected chi connectivity index (χ3v) is 5.03. The maximum atomic E-state index is 10.5. The van der Waals surface area contributed by atoms with Gasteiger partial charge in [-0.2, -0.15) is 5.10 Å². The Kier molecular flexibility index (Phi) is 3.37. The quantitative estimate of drug-likeness (QED) is 0.513. The van der Waals surface area contributed by atoms with E-state index in [1.807, 2.05) is 0 Å². The highest BCUT2D eigenvalue weighted by atomic mass is 16.5. The number of hydrogen-bond donors (Lipinski definition) is 4. The average Bonchev–Trinajstić information content (AvgIpc) is 3.21. The monoisotopic (exact) mass is 294 g/mol. The van der Waals surface area contributed by atoms with E-state index in [2.05, 4.69) is 28.0 Å². The van der Waals surface area contributed by atoms with E-state index in [0.717, 1.165) is 38.1 Å². The van der Waals surface area contributed by atoms with E-state index in [-0.39, 0.29) is 24.2 Å². The summed E-state index contributed by atoms with van der Waals surface area (Å²) < 4.78 is 5.61. The van der Waals surface area contributed by atoms with Crippen LogP contribution in [0.15, 0.2) is 17.3 Å². The van der Waals surface area contributed by atoms with Crippen LogP contribution in [0.3, 0.4) is 0 Å². The van der Waals surface area contributed by atoms with Gasteiger partial charge in [-0.15, -0.1) is 0 Å². The van der Waals surface area contributed by atoms with E-state index in [1.165, 1.54) is 0 Å². The Morgan fingerprint density at radius 3 is 2.52 bits per heavy atom. The van der Waals surface area contributed by atoms with Gasteiger partial charge in [-0.1, -0.05) is 12.2 Å². The average molecular weight is 294 g/mol. The molecule has 6 atom stereocenters. The molecule has 0 aromatic carbocycles. The first-order valence-electron chi connectivity index (χ1n) is 7.75. The van der Waals surface area contributed by atoms with Gasteiger partial charge in [-0.25, -0.2) is 4.90 Å². The van der Waals surface area contributed by atoms with Crippen molar-refractivity contribution in [3.05, 3.63) is 12.2 Å². The van der Waals surface area contributed by atoms with Crippen molar-refractivity contribution < 1.29 is 14.9 Å². The van der Waals surface area contributed by atoms with Crippen LogP contribution in [0.4, 0.5) is 0 Å². The summed E-state index contributed by atoms with van der Waals surface area (Å²) in [6.45, 7) is 0.765. The van der Waals surface area contributed by atoms with Gasteiger partial charge in [0.1, 0.15) is 18.6 Å². The predicted molar refractivity (Wildman–Crippen MR) is 75.7 cm³/mol. The molecule has 0 bridgehead atoms. The van der Waals surface area contributed by atoms with Crippen molar-refractivity contribution in [1.82, 2.24) is 15.6 Å². The molecule has 6 unspecified atom stereocenters. The molecule has 2 fully saturated rings. The topological polar surface area (TPSA) is 89.4 Å². The van der Waals surface area contributed by atoms with Crippen molar-refractivity contribution in [1.29, 1.82) is 0 Å². The zero-order chi connectivity index (χ0) is 14.4. The fourth-order valence-electron chi connectivity index (χ4n) is 3.88. The third kappa shape index (κ3) is 2.15. The second-order valence-electron chi connectivity index (χ2n) is 6.22. The molecule has 7 heteroatoms. The van der Waals surface area contributed by atoms with Crippen molar-refractivity contribution in [3.63, 3.8) is 0 Å². The highest BCUT2D eigenvalue weighted by molar-refractivity contribution is 5.87. The summed E-state index contributed by atoms with van der Waals surface area (Å²) in [5.74, 6) is 0.936. The number of fused-ring (bicyclic) bond motifs is 1. The van der Waals surface area contributed by atoms with Crippen LogP contribution in [0.25, 0.3) is 0 Å². The molecule has 7 nitrogen and oxygen atoms in total. The number of ether oxygens (including phenoxy) is 1. The summed E-state index contributed by atoms with van der Waals surface area (Å²) in [4.78, 5) is 1.69. The van der Waals surface area contributed by atoms with Crippen molar-refractivity contribution in [2.75, 3.05) is 6.61 Å². The minimum Gasteiger partial charge on any atom is -0.378 e. The van der Waals surface area contributed by atoms with Crippen molar-refractivity contribution in [2.24, 2.45) is 16.9 Å². The molecule has 1 aliphatic carbocycles. The van der Waals surface area contributed by atoms with E-state index >= 15 is 0 Å². The Labute approximate surface area is 123 Å². The molecule has 4 rings (SSSR count). The minimum absolute atomic E-state index is 0.00309. The van der Waals surface area contributed by atoms with Crippen LogP contribution < -0.4 is 10.7 Å². The molecule has 0 aromatic rings. The Hall–Kier alpha value is -1.15. The molecule has 0 saturated carbocycles. The lowest BCUT2D eigenvalue weighted by Gasteiger charge is -2.31. The van der Waals surface area contributed by atoms with Crippen LogP contribution >= 0.6 is 0 Å². The van der Waals surface area contributed by atoms with Gasteiger partial charge >= 0.3 is 0 Å². The molecule has 116 valence electrons. The number of amidine groups is 1. The number of aliphatic hydroxyl groups is 2. The highest BCUT2D eigenvalue weighted by Crippen LogP contribution is 2.41. The van der Waals surface area contributed by atoms with Crippen LogP contribution in [0.1, 0.15) is 25.7 Å². The SMILES string of the molecule is OC1C2CC=CCC2C(O)N1C1NN=C(C2CCCO2)N1. The summed E-state index contributed by atoms with van der Waals surface area (Å²) >= 11 is 0. The largest absolute Gasteiger partial charge is 0.378 e. The minimum atomic E-state index is -0.668. The normalized spacial score (nSPS) is 46.1. The summed E-state index contributed by atoms with van der Waals surface area (Å²) in [6, 6.07) is 0. The molecule has 0 spiro atoms.